The summed E-state index contributed by atoms with van der Waals surface area (Å²) in [6.07, 6.45) is 0. The molecule has 32 heavy (non-hydrogen) atoms. The van der Waals surface area contributed by atoms with Gasteiger partial charge in [0, 0.05) is 11.4 Å². The van der Waals surface area contributed by atoms with Gasteiger partial charge in [-0.05, 0) is 58.0 Å². The molecule has 3 heteroatoms. The molecule has 0 unspecified atom stereocenters. The van der Waals surface area contributed by atoms with Crippen molar-refractivity contribution in [2.45, 2.75) is 17.8 Å². The molecule has 1 aliphatic carbocycles. The van der Waals surface area contributed by atoms with Gasteiger partial charge in [0.1, 0.15) is 0 Å². The molecule has 1 aliphatic heterocycles. The van der Waals surface area contributed by atoms with E-state index in [-0.39, 0.29) is 0 Å². The van der Waals surface area contributed by atoms with Crippen LogP contribution in [0, 0.1) is 29.6 Å². The maximum absolute atomic E-state index is 10.5. The molecule has 0 bridgehead atoms. The Bertz CT molecular complexity index is 1440. The van der Waals surface area contributed by atoms with E-state index < -0.39 is 10.8 Å². The van der Waals surface area contributed by atoms with Crippen molar-refractivity contribution in [1.29, 1.82) is 10.5 Å². The number of aryl methyl sites for hydroxylation is 1. The maximum atomic E-state index is 10.5. The fourth-order valence-corrected chi connectivity index (χ4v) is 5.86. The third kappa shape index (κ3) is 1.99. The van der Waals surface area contributed by atoms with Gasteiger partial charge in [-0.25, -0.2) is 0 Å². The first-order valence-corrected chi connectivity index (χ1v) is 10.7. The zero-order valence-corrected chi connectivity index (χ0v) is 17.6. The van der Waals surface area contributed by atoms with Crippen LogP contribution < -0.4 is 5.32 Å². The minimum Gasteiger partial charge on any atom is -0.355 e. The average Bonchev–Trinajstić information content (AvgIpc) is 2.85. The Hall–Kier alpha value is -4.34. The number of para-hydroxylation sites is 2. The summed E-state index contributed by atoms with van der Waals surface area (Å²) in [5.41, 5.74) is 6.84. The lowest BCUT2D eigenvalue weighted by Gasteiger charge is -2.49. The van der Waals surface area contributed by atoms with E-state index in [1.54, 1.807) is 0 Å². The van der Waals surface area contributed by atoms with Crippen LogP contribution in [0.1, 0.15) is 38.9 Å². The zero-order valence-electron chi connectivity index (χ0n) is 17.6. The number of hydrogen-bond donors (Lipinski definition) is 1. The molecule has 1 heterocycles. The summed E-state index contributed by atoms with van der Waals surface area (Å²) >= 11 is 0. The van der Waals surface area contributed by atoms with Gasteiger partial charge in [0.25, 0.3) is 0 Å². The van der Waals surface area contributed by atoms with Gasteiger partial charge in [0.15, 0.2) is 5.41 Å². The first-order valence-electron chi connectivity index (χ1n) is 10.7. The number of nitriles is 2. The molecule has 0 amide bonds. The number of anilines is 2. The molecule has 0 saturated heterocycles. The summed E-state index contributed by atoms with van der Waals surface area (Å²) < 4.78 is 0. The van der Waals surface area contributed by atoms with Crippen molar-refractivity contribution in [3.8, 4) is 12.1 Å². The third-order valence-corrected chi connectivity index (χ3v) is 7.05. The molecule has 0 radical (unpaired) electrons. The van der Waals surface area contributed by atoms with Gasteiger partial charge in [-0.2, -0.15) is 10.5 Å². The van der Waals surface area contributed by atoms with Crippen LogP contribution in [-0.2, 0) is 10.8 Å². The highest BCUT2D eigenvalue weighted by Crippen LogP contribution is 2.60. The largest absolute Gasteiger partial charge is 0.355 e. The topological polar surface area (TPSA) is 59.6 Å². The second-order valence-corrected chi connectivity index (χ2v) is 8.48. The highest BCUT2D eigenvalue weighted by Gasteiger charge is 2.55. The highest BCUT2D eigenvalue weighted by molar-refractivity contribution is 5.85. The molecule has 3 nitrogen and oxygen atoms in total. The fraction of sp³-hybridized carbons (Fsp3) is 0.103. The van der Waals surface area contributed by atoms with Crippen molar-refractivity contribution in [3.05, 3.63) is 130 Å². The maximum Gasteiger partial charge on any atom is 0.194 e. The molecule has 6 rings (SSSR count). The predicted octanol–water partition coefficient (Wildman–Crippen LogP) is 6.08. The number of fused-ring (bicyclic) bond motifs is 8. The second-order valence-electron chi connectivity index (χ2n) is 8.48. The summed E-state index contributed by atoms with van der Waals surface area (Å²) in [5.74, 6) is 0. The van der Waals surface area contributed by atoms with E-state index in [4.69, 9.17) is 0 Å². The summed E-state index contributed by atoms with van der Waals surface area (Å²) in [6.45, 7) is 2.00. The highest BCUT2D eigenvalue weighted by atomic mass is 14.9. The lowest BCUT2D eigenvalue weighted by Crippen LogP contribution is -2.45. The van der Waals surface area contributed by atoms with Gasteiger partial charge in [-0.3, -0.25) is 0 Å². The number of benzene rings is 4. The quantitative estimate of drug-likeness (QED) is 0.337. The standard InChI is InChI=1S/C29H19N3/c1-19-9-8-14-24-27(19)28(17-30,18-31)20-10-2-3-11-21(20)29(24)22-12-4-6-15-25(22)32-26-16-7-5-13-23(26)29/h2-16,32H,1H3. The fourth-order valence-electron chi connectivity index (χ4n) is 5.86. The molecule has 0 fully saturated rings. The summed E-state index contributed by atoms with van der Waals surface area (Å²) in [5, 5.41) is 24.5. The van der Waals surface area contributed by atoms with Crippen molar-refractivity contribution < 1.29 is 0 Å². The Balaban J connectivity index is 1.92. The van der Waals surface area contributed by atoms with E-state index in [9.17, 15) is 10.5 Å². The van der Waals surface area contributed by atoms with E-state index in [0.717, 1.165) is 50.3 Å². The van der Waals surface area contributed by atoms with Gasteiger partial charge in [0.2, 0.25) is 0 Å². The van der Waals surface area contributed by atoms with Gasteiger partial charge < -0.3 is 5.32 Å². The SMILES string of the molecule is Cc1cccc2c1C(C#N)(C#N)c1ccccc1C21c2ccccc2Nc2ccccc21. The normalized spacial score (nSPS) is 15.7. The number of nitrogens with zero attached hydrogens (tertiary/aromatic N) is 2. The first-order chi connectivity index (χ1) is 15.7. The molecule has 4 aromatic rings. The molecule has 0 atom stereocenters. The Kier molecular flexibility index (Phi) is 3.65. The number of rotatable bonds is 0. The van der Waals surface area contributed by atoms with Crippen molar-refractivity contribution in [1.82, 2.24) is 0 Å². The molecular formula is C29H19N3. The van der Waals surface area contributed by atoms with Crippen LogP contribution in [-0.4, -0.2) is 0 Å². The van der Waals surface area contributed by atoms with Gasteiger partial charge in [-0.15, -0.1) is 0 Å². The summed E-state index contributed by atoms with van der Waals surface area (Å²) in [6, 6.07) is 35.6. The van der Waals surface area contributed by atoms with Crippen LogP contribution in [0.3, 0.4) is 0 Å². The Labute approximate surface area is 187 Å². The van der Waals surface area contributed by atoms with Crippen molar-refractivity contribution in [2.75, 3.05) is 5.32 Å². The molecule has 150 valence electrons. The van der Waals surface area contributed by atoms with Crippen LogP contribution in [0.2, 0.25) is 0 Å². The van der Waals surface area contributed by atoms with Crippen LogP contribution in [0.25, 0.3) is 0 Å². The molecule has 0 saturated carbocycles. The van der Waals surface area contributed by atoms with E-state index in [1.165, 1.54) is 0 Å². The molecular weight excluding hydrogens is 390 g/mol. The first kappa shape index (κ1) is 18.4. The van der Waals surface area contributed by atoms with Gasteiger partial charge in [0.05, 0.1) is 17.6 Å². The van der Waals surface area contributed by atoms with Crippen LogP contribution in [0.4, 0.5) is 11.4 Å². The average molecular weight is 409 g/mol. The number of hydrogen-bond acceptors (Lipinski definition) is 3. The molecule has 0 aromatic heterocycles. The zero-order chi connectivity index (χ0) is 21.9. The monoisotopic (exact) mass is 409 g/mol. The second kappa shape index (κ2) is 6.33. The van der Waals surface area contributed by atoms with Crippen LogP contribution in [0.5, 0.6) is 0 Å². The minimum atomic E-state index is -1.36. The molecule has 2 aliphatic rings. The van der Waals surface area contributed by atoms with Gasteiger partial charge >= 0.3 is 0 Å². The Morgan fingerprint density at radius 1 is 0.594 bits per heavy atom. The molecule has 4 aromatic carbocycles. The van der Waals surface area contributed by atoms with Crippen molar-refractivity contribution >= 4 is 11.4 Å². The van der Waals surface area contributed by atoms with E-state index in [0.29, 0.717) is 0 Å². The van der Waals surface area contributed by atoms with E-state index in [1.807, 2.05) is 49.4 Å². The molecule has 1 N–H and O–H groups in total. The Morgan fingerprint density at radius 2 is 1.09 bits per heavy atom. The smallest absolute Gasteiger partial charge is 0.194 e. The van der Waals surface area contributed by atoms with Crippen molar-refractivity contribution in [3.63, 3.8) is 0 Å². The third-order valence-electron chi connectivity index (χ3n) is 7.05. The van der Waals surface area contributed by atoms with Crippen LogP contribution in [0.15, 0.2) is 91.0 Å². The van der Waals surface area contributed by atoms with Gasteiger partial charge in [-0.1, -0.05) is 78.9 Å². The van der Waals surface area contributed by atoms with Crippen molar-refractivity contribution in [2.24, 2.45) is 0 Å². The number of nitrogens with one attached hydrogen (secondary N) is 1. The Morgan fingerprint density at radius 3 is 1.69 bits per heavy atom. The summed E-state index contributed by atoms with van der Waals surface area (Å²) in [4.78, 5) is 0. The van der Waals surface area contributed by atoms with E-state index >= 15 is 0 Å². The lowest BCUT2D eigenvalue weighted by molar-refractivity contribution is 0.645. The van der Waals surface area contributed by atoms with E-state index in [2.05, 4.69) is 66.0 Å². The minimum absolute atomic E-state index is 0.631. The lowest BCUT2D eigenvalue weighted by atomic mass is 9.52. The van der Waals surface area contributed by atoms with Crippen LogP contribution >= 0.6 is 0 Å². The summed E-state index contributed by atoms with van der Waals surface area (Å²) in [7, 11) is 0. The predicted molar refractivity (Wildman–Crippen MR) is 125 cm³/mol. The molecule has 1 spiro atoms.